The summed E-state index contributed by atoms with van der Waals surface area (Å²) in [5.74, 6) is -0.530. The lowest BCUT2D eigenvalue weighted by Gasteiger charge is -2.34. The molecule has 0 radical (unpaired) electrons. The van der Waals surface area contributed by atoms with Crippen molar-refractivity contribution in [2.45, 2.75) is 38.9 Å². The van der Waals surface area contributed by atoms with Gasteiger partial charge in [-0.1, -0.05) is 12.1 Å². The Balaban J connectivity index is 1.58. The number of benzene rings is 1. The van der Waals surface area contributed by atoms with Gasteiger partial charge in [0.1, 0.15) is 17.5 Å². The first-order chi connectivity index (χ1) is 12.7. The third kappa shape index (κ3) is 4.97. The topological polar surface area (TPSA) is 59.1 Å². The second kappa shape index (κ2) is 7.84. The standard InChI is InChI=1S/C20H27FN2O4/c1-20(2,3)27-19(25)23-8-7-15(12-23)18(24)22-9-10-26-17(13-22)14-5-4-6-16(21)11-14/h4-6,11,15,17H,7-10,12-13H2,1-3H3. The molecule has 0 saturated carbocycles. The molecule has 1 aromatic rings. The van der Waals surface area contributed by atoms with Gasteiger partial charge in [0, 0.05) is 19.6 Å². The molecule has 1 aromatic carbocycles. The fourth-order valence-corrected chi connectivity index (χ4v) is 3.47. The molecule has 2 aliphatic heterocycles. The van der Waals surface area contributed by atoms with Crippen molar-refractivity contribution in [2.24, 2.45) is 5.92 Å². The highest BCUT2D eigenvalue weighted by atomic mass is 19.1. The first-order valence-electron chi connectivity index (χ1n) is 9.37. The van der Waals surface area contributed by atoms with Gasteiger partial charge in [0.25, 0.3) is 0 Å². The molecule has 2 heterocycles. The van der Waals surface area contributed by atoms with E-state index in [0.717, 1.165) is 5.56 Å². The molecule has 148 valence electrons. The highest BCUT2D eigenvalue weighted by molar-refractivity contribution is 5.81. The number of halogens is 1. The summed E-state index contributed by atoms with van der Waals surface area (Å²) in [5, 5.41) is 0. The molecule has 0 spiro atoms. The van der Waals surface area contributed by atoms with Crippen molar-refractivity contribution < 1.29 is 23.5 Å². The molecule has 2 fully saturated rings. The fraction of sp³-hybridized carbons (Fsp3) is 0.600. The van der Waals surface area contributed by atoms with Gasteiger partial charge in [-0.2, -0.15) is 0 Å². The van der Waals surface area contributed by atoms with Gasteiger partial charge in [0.15, 0.2) is 0 Å². The van der Waals surface area contributed by atoms with Gasteiger partial charge < -0.3 is 19.3 Å². The average Bonchev–Trinajstić information content (AvgIpc) is 3.10. The summed E-state index contributed by atoms with van der Waals surface area (Å²) in [6.07, 6.45) is -0.0840. The second-order valence-electron chi connectivity index (χ2n) is 8.11. The highest BCUT2D eigenvalue weighted by Gasteiger charge is 2.37. The Hall–Kier alpha value is -2.15. The van der Waals surface area contributed by atoms with E-state index in [9.17, 15) is 14.0 Å². The summed E-state index contributed by atoms with van der Waals surface area (Å²) < 4.78 is 24.6. The van der Waals surface area contributed by atoms with Crippen LogP contribution in [0.25, 0.3) is 0 Å². The van der Waals surface area contributed by atoms with Crippen LogP contribution in [0.1, 0.15) is 38.9 Å². The molecular weight excluding hydrogens is 351 g/mol. The normalized spacial score (nSPS) is 23.4. The zero-order chi connectivity index (χ0) is 19.6. The van der Waals surface area contributed by atoms with Crippen LogP contribution >= 0.6 is 0 Å². The summed E-state index contributed by atoms with van der Waals surface area (Å²) in [6.45, 7) is 7.67. The van der Waals surface area contributed by atoms with Crippen molar-refractivity contribution in [1.29, 1.82) is 0 Å². The number of morpholine rings is 1. The smallest absolute Gasteiger partial charge is 0.410 e. The van der Waals surface area contributed by atoms with E-state index in [-0.39, 0.29) is 29.8 Å². The first-order valence-corrected chi connectivity index (χ1v) is 9.37. The Kier molecular flexibility index (Phi) is 5.69. The molecule has 3 rings (SSSR count). The van der Waals surface area contributed by atoms with Gasteiger partial charge in [-0.25, -0.2) is 9.18 Å². The average molecular weight is 378 g/mol. The molecule has 6 nitrogen and oxygen atoms in total. The third-order valence-electron chi connectivity index (χ3n) is 4.79. The number of amides is 2. The van der Waals surface area contributed by atoms with Gasteiger partial charge in [-0.05, 0) is 44.9 Å². The van der Waals surface area contributed by atoms with Crippen molar-refractivity contribution in [3.05, 3.63) is 35.6 Å². The fourth-order valence-electron chi connectivity index (χ4n) is 3.47. The summed E-state index contributed by atoms with van der Waals surface area (Å²) in [4.78, 5) is 28.5. The zero-order valence-corrected chi connectivity index (χ0v) is 16.1. The van der Waals surface area contributed by atoms with Crippen LogP contribution in [0.15, 0.2) is 24.3 Å². The number of ether oxygens (including phenoxy) is 2. The molecule has 0 aromatic heterocycles. The van der Waals surface area contributed by atoms with E-state index in [4.69, 9.17) is 9.47 Å². The van der Waals surface area contributed by atoms with E-state index >= 15 is 0 Å². The van der Waals surface area contributed by atoms with Crippen LogP contribution in [0.5, 0.6) is 0 Å². The maximum absolute atomic E-state index is 13.5. The van der Waals surface area contributed by atoms with E-state index in [0.29, 0.717) is 39.2 Å². The van der Waals surface area contributed by atoms with Crippen molar-refractivity contribution >= 4 is 12.0 Å². The number of carbonyl (C=O) groups excluding carboxylic acids is 2. The Morgan fingerprint density at radius 2 is 1.96 bits per heavy atom. The Morgan fingerprint density at radius 3 is 2.67 bits per heavy atom. The van der Waals surface area contributed by atoms with Gasteiger partial charge in [-0.15, -0.1) is 0 Å². The maximum atomic E-state index is 13.5. The second-order valence-corrected chi connectivity index (χ2v) is 8.11. The molecule has 7 heteroatoms. The van der Waals surface area contributed by atoms with Crippen molar-refractivity contribution in [3.63, 3.8) is 0 Å². The van der Waals surface area contributed by atoms with Crippen LogP contribution in [0.2, 0.25) is 0 Å². The number of hydrogen-bond donors (Lipinski definition) is 0. The molecule has 0 bridgehead atoms. The predicted octanol–water partition coefficient (Wildman–Crippen LogP) is 2.98. The summed E-state index contributed by atoms with van der Waals surface area (Å²) in [7, 11) is 0. The molecule has 2 aliphatic rings. The van der Waals surface area contributed by atoms with Gasteiger partial charge in [0.05, 0.1) is 19.1 Å². The monoisotopic (exact) mass is 378 g/mol. The number of hydrogen-bond acceptors (Lipinski definition) is 4. The van der Waals surface area contributed by atoms with Crippen molar-refractivity contribution in [3.8, 4) is 0 Å². The van der Waals surface area contributed by atoms with Crippen LogP contribution in [0.4, 0.5) is 9.18 Å². The molecule has 0 N–H and O–H groups in total. The van der Waals surface area contributed by atoms with Gasteiger partial charge in [0.2, 0.25) is 5.91 Å². The SMILES string of the molecule is CC(C)(C)OC(=O)N1CCC(C(=O)N2CCOC(c3cccc(F)c3)C2)C1. The first kappa shape index (κ1) is 19.6. The number of likely N-dealkylation sites (tertiary alicyclic amines) is 1. The summed E-state index contributed by atoms with van der Waals surface area (Å²) in [5.41, 5.74) is 0.177. The highest BCUT2D eigenvalue weighted by Crippen LogP contribution is 2.26. The van der Waals surface area contributed by atoms with Crippen LogP contribution in [0.3, 0.4) is 0 Å². The summed E-state index contributed by atoms with van der Waals surface area (Å²) in [6, 6.07) is 6.28. The van der Waals surface area contributed by atoms with E-state index in [2.05, 4.69) is 0 Å². The van der Waals surface area contributed by atoms with Crippen molar-refractivity contribution in [1.82, 2.24) is 9.80 Å². The maximum Gasteiger partial charge on any atom is 0.410 e. The Labute approximate surface area is 159 Å². The van der Waals surface area contributed by atoms with Gasteiger partial charge in [-0.3, -0.25) is 4.79 Å². The lowest BCUT2D eigenvalue weighted by Crippen LogP contribution is -2.45. The Bertz CT molecular complexity index is 703. The van der Waals surface area contributed by atoms with Crippen LogP contribution in [-0.2, 0) is 14.3 Å². The number of rotatable bonds is 2. The minimum absolute atomic E-state index is 0.0192. The van der Waals surface area contributed by atoms with Gasteiger partial charge >= 0.3 is 6.09 Å². The van der Waals surface area contributed by atoms with E-state index in [1.165, 1.54) is 12.1 Å². The van der Waals surface area contributed by atoms with Crippen LogP contribution < -0.4 is 0 Å². The molecule has 2 saturated heterocycles. The molecule has 27 heavy (non-hydrogen) atoms. The lowest BCUT2D eigenvalue weighted by atomic mass is 10.0. The molecular formula is C20H27FN2O4. The third-order valence-corrected chi connectivity index (χ3v) is 4.79. The molecule has 2 amide bonds. The molecule has 0 aliphatic carbocycles. The van der Waals surface area contributed by atoms with Crippen LogP contribution in [-0.4, -0.2) is 60.2 Å². The molecule has 2 unspecified atom stereocenters. The molecule has 2 atom stereocenters. The minimum Gasteiger partial charge on any atom is -0.444 e. The number of carbonyl (C=O) groups is 2. The van der Waals surface area contributed by atoms with E-state index in [1.807, 2.05) is 26.8 Å². The van der Waals surface area contributed by atoms with E-state index < -0.39 is 5.60 Å². The minimum atomic E-state index is -0.554. The largest absolute Gasteiger partial charge is 0.444 e. The Morgan fingerprint density at radius 1 is 1.19 bits per heavy atom. The van der Waals surface area contributed by atoms with Crippen molar-refractivity contribution in [2.75, 3.05) is 32.8 Å². The quantitative estimate of drug-likeness (QED) is 0.794. The lowest BCUT2D eigenvalue weighted by molar-refractivity contribution is -0.142. The van der Waals surface area contributed by atoms with E-state index in [1.54, 1.807) is 15.9 Å². The van der Waals surface area contributed by atoms with Crippen LogP contribution in [0, 0.1) is 11.7 Å². The zero-order valence-electron chi connectivity index (χ0n) is 16.1. The predicted molar refractivity (Wildman–Crippen MR) is 97.6 cm³/mol. The summed E-state index contributed by atoms with van der Waals surface area (Å²) >= 11 is 0. The number of nitrogens with zero attached hydrogens (tertiary/aromatic N) is 2.